The summed E-state index contributed by atoms with van der Waals surface area (Å²) in [6.07, 6.45) is 1.08. The van der Waals surface area contributed by atoms with E-state index in [0.717, 1.165) is 28.3 Å². The number of amides is 1. The Morgan fingerprint density at radius 1 is 0.975 bits per heavy atom. The van der Waals surface area contributed by atoms with Gasteiger partial charge in [-0.2, -0.15) is 0 Å². The maximum Gasteiger partial charge on any atom is 0.415 e. The molecule has 5 rings (SSSR count). The van der Waals surface area contributed by atoms with Crippen molar-refractivity contribution in [1.29, 1.82) is 0 Å². The van der Waals surface area contributed by atoms with Crippen LogP contribution in [0.5, 0.6) is 11.5 Å². The number of rotatable bonds is 9. The number of carboxylic acid groups (broad SMARTS) is 1. The number of carboxylic acids is 1. The van der Waals surface area contributed by atoms with E-state index in [0.29, 0.717) is 50.6 Å². The Morgan fingerprint density at radius 2 is 1.68 bits per heavy atom. The van der Waals surface area contributed by atoms with Gasteiger partial charge in [0.2, 0.25) is 5.89 Å². The highest BCUT2D eigenvalue weighted by molar-refractivity contribution is 5.73. The predicted molar refractivity (Wildman–Crippen MR) is 149 cm³/mol. The number of ether oxygens (including phenoxy) is 2. The Kier molecular flexibility index (Phi) is 8.44. The molecule has 4 aromatic rings. The molecule has 8 nitrogen and oxygen atoms in total. The summed E-state index contributed by atoms with van der Waals surface area (Å²) in [5.74, 6) is 0.986. The predicted octanol–water partition coefficient (Wildman–Crippen LogP) is 6.04. The molecule has 1 amide bonds. The summed E-state index contributed by atoms with van der Waals surface area (Å²) < 4.78 is 17.2. The molecule has 8 heteroatoms. The summed E-state index contributed by atoms with van der Waals surface area (Å²) in [6, 6.07) is 26.4. The normalized spacial score (nSPS) is 16.9. The molecule has 1 N–H and O–H groups in total. The third-order valence-corrected chi connectivity index (χ3v) is 7.20. The van der Waals surface area contributed by atoms with Gasteiger partial charge >= 0.3 is 12.1 Å². The Hall–Kier alpha value is -4.59. The molecule has 206 valence electrons. The van der Waals surface area contributed by atoms with E-state index in [4.69, 9.17) is 13.9 Å². The van der Waals surface area contributed by atoms with E-state index in [9.17, 15) is 14.7 Å². The van der Waals surface area contributed by atoms with Crippen LogP contribution in [0.3, 0.4) is 0 Å². The van der Waals surface area contributed by atoms with Crippen molar-refractivity contribution in [3.05, 3.63) is 102 Å². The Labute approximate surface area is 233 Å². The molecule has 1 fully saturated rings. The van der Waals surface area contributed by atoms with Gasteiger partial charge in [0, 0.05) is 25.1 Å². The smallest absolute Gasteiger partial charge is 0.415 e. The monoisotopic (exact) mass is 540 g/mol. The third-order valence-electron chi connectivity index (χ3n) is 7.20. The van der Waals surface area contributed by atoms with E-state index < -0.39 is 18.0 Å². The summed E-state index contributed by atoms with van der Waals surface area (Å²) >= 11 is 0. The van der Waals surface area contributed by atoms with Crippen LogP contribution in [0, 0.1) is 18.8 Å². The van der Waals surface area contributed by atoms with Gasteiger partial charge in [0.05, 0.1) is 18.2 Å². The summed E-state index contributed by atoms with van der Waals surface area (Å²) in [6.45, 7) is 3.03. The highest BCUT2D eigenvalue weighted by Crippen LogP contribution is 2.29. The van der Waals surface area contributed by atoms with E-state index in [-0.39, 0.29) is 5.92 Å². The van der Waals surface area contributed by atoms with E-state index in [1.54, 1.807) is 29.2 Å². The van der Waals surface area contributed by atoms with E-state index in [2.05, 4.69) is 4.98 Å². The first-order chi connectivity index (χ1) is 19.5. The molecule has 3 aromatic carbocycles. The number of aryl methyl sites for hydroxylation is 1. The van der Waals surface area contributed by atoms with Gasteiger partial charge in [-0.15, -0.1) is 0 Å². The lowest BCUT2D eigenvalue weighted by atomic mass is 9.81. The second kappa shape index (κ2) is 12.5. The Bertz CT molecular complexity index is 1420. The molecule has 0 unspecified atom stereocenters. The van der Waals surface area contributed by atoms with Crippen LogP contribution in [-0.2, 0) is 17.6 Å². The average Bonchev–Trinajstić information content (AvgIpc) is 3.35. The molecule has 1 aromatic heterocycles. The first kappa shape index (κ1) is 27.0. The first-order valence-electron chi connectivity index (χ1n) is 13.4. The summed E-state index contributed by atoms with van der Waals surface area (Å²) in [5, 5.41) is 9.80. The number of aliphatic carboxylic acids is 1. The summed E-state index contributed by atoms with van der Waals surface area (Å²) in [4.78, 5) is 30.9. The fraction of sp³-hybridized carbons (Fsp3) is 0.281. The second-order valence-electron chi connectivity index (χ2n) is 9.95. The van der Waals surface area contributed by atoms with Crippen molar-refractivity contribution in [1.82, 2.24) is 9.88 Å². The largest absolute Gasteiger partial charge is 0.493 e. The third kappa shape index (κ3) is 6.69. The number of nitrogens with zero attached hydrogens (tertiary/aromatic N) is 2. The highest BCUT2D eigenvalue weighted by Gasteiger charge is 2.36. The molecule has 0 bridgehead atoms. The highest BCUT2D eigenvalue weighted by atomic mass is 16.6. The van der Waals surface area contributed by atoms with Gasteiger partial charge in [-0.25, -0.2) is 9.78 Å². The number of benzene rings is 3. The number of oxazole rings is 1. The van der Waals surface area contributed by atoms with Crippen molar-refractivity contribution in [3.63, 3.8) is 0 Å². The molecule has 1 saturated heterocycles. The average molecular weight is 541 g/mol. The van der Waals surface area contributed by atoms with Crippen LogP contribution in [0.15, 0.2) is 89.3 Å². The topological polar surface area (TPSA) is 102 Å². The summed E-state index contributed by atoms with van der Waals surface area (Å²) in [7, 11) is 0. The number of piperidine rings is 1. The molecular formula is C32H32N2O6. The Morgan fingerprint density at radius 3 is 2.38 bits per heavy atom. The molecule has 0 radical (unpaired) electrons. The SMILES string of the molecule is Cc1oc(-c2ccccc2)nc1CCOc1ccc(C[C@@H]2CN(C(=O)Oc3ccccc3)CC[C@@H]2C(=O)O)cc1. The van der Waals surface area contributed by atoms with Gasteiger partial charge in [0.1, 0.15) is 17.3 Å². The maximum absolute atomic E-state index is 12.7. The molecule has 0 saturated carbocycles. The molecule has 2 heterocycles. The van der Waals surface area contributed by atoms with Crippen molar-refractivity contribution < 1.29 is 28.6 Å². The molecule has 1 aliphatic heterocycles. The number of hydrogen-bond acceptors (Lipinski definition) is 6. The Balaban J connectivity index is 1.15. The number of aromatic nitrogens is 1. The minimum absolute atomic E-state index is 0.227. The van der Waals surface area contributed by atoms with Crippen molar-refractivity contribution in [2.45, 2.75) is 26.2 Å². The van der Waals surface area contributed by atoms with Crippen LogP contribution < -0.4 is 9.47 Å². The van der Waals surface area contributed by atoms with Gasteiger partial charge in [-0.05, 0) is 67.6 Å². The second-order valence-corrected chi connectivity index (χ2v) is 9.95. The minimum atomic E-state index is -0.834. The minimum Gasteiger partial charge on any atom is -0.493 e. The van der Waals surface area contributed by atoms with Crippen LogP contribution in [0.1, 0.15) is 23.4 Å². The van der Waals surface area contributed by atoms with Gasteiger partial charge in [-0.3, -0.25) is 4.79 Å². The molecule has 2 atom stereocenters. The van der Waals surface area contributed by atoms with Crippen molar-refractivity contribution in [3.8, 4) is 23.0 Å². The van der Waals surface area contributed by atoms with Gasteiger partial charge in [0.15, 0.2) is 0 Å². The van der Waals surface area contributed by atoms with Crippen molar-refractivity contribution in [2.24, 2.45) is 11.8 Å². The zero-order valence-electron chi connectivity index (χ0n) is 22.4. The van der Waals surface area contributed by atoms with Crippen molar-refractivity contribution >= 4 is 12.1 Å². The molecule has 40 heavy (non-hydrogen) atoms. The zero-order chi connectivity index (χ0) is 27.9. The lowest BCUT2D eigenvalue weighted by Gasteiger charge is -2.36. The fourth-order valence-corrected chi connectivity index (χ4v) is 5.04. The number of hydrogen-bond donors (Lipinski definition) is 1. The molecule has 1 aliphatic rings. The van der Waals surface area contributed by atoms with Crippen LogP contribution in [0.2, 0.25) is 0 Å². The van der Waals surface area contributed by atoms with E-state index in [1.807, 2.05) is 67.6 Å². The van der Waals surface area contributed by atoms with Gasteiger partial charge in [-0.1, -0.05) is 48.5 Å². The molecular weight excluding hydrogens is 508 g/mol. The van der Waals surface area contributed by atoms with Crippen LogP contribution >= 0.6 is 0 Å². The zero-order valence-corrected chi connectivity index (χ0v) is 22.4. The van der Waals surface area contributed by atoms with E-state index in [1.165, 1.54) is 0 Å². The number of para-hydroxylation sites is 1. The summed E-state index contributed by atoms with van der Waals surface area (Å²) in [5.41, 5.74) is 2.79. The maximum atomic E-state index is 12.7. The van der Waals surface area contributed by atoms with Crippen LogP contribution in [0.25, 0.3) is 11.5 Å². The number of carbonyl (C=O) groups excluding carboxylic acids is 1. The van der Waals surface area contributed by atoms with Gasteiger partial charge in [0.25, 0.3) is 0 Å². The van der Waals surface area contributed by atoms with E-state index >= 15 is 0 Å². The number of likely N-dealkylation sites (tertiary alicyclic amines) is 1. The standard InChI is InChI=1S/C32H32N2O6/c1-22-29(33-30(39-22)24-8-4-2-5-9-24)17-19-38-26-14-12-23(13-15-26)20-25-21-34(18-16-28(25)31(35)36)32(37)40-27-10-6-3-7-11-27/h2-15,25,28H,16-21H2,1H3,(H,35,36)/t25-,28+/m1/s1. The lowest BCUT2D eigenvalue weighted by molar-refractivity contribution is -0.145. The molecule has 0 aliphatic carbocycles. The first-order valence-corrected chi connectivity index (χ1v) is 13.4. The van der Waals surface area contributed by atoms with Crippen LogP contribution in [0.4, 0.5) is 4.79 Å². The fourth-order valence-electron chi connectivity index (χ4n) is 5.04. The van der Waals surface area contributed by atoms with Crippen LogP contribution in [-0.4, -0.2) is 46.7 Å². The van der Waals surface area contributed by atoms with Gasteiger partial charge < -0.3 is 23.9 Å². The quantitative estimate of drug-likeness (QED) is 0.276. The molecule has 0 spiro atoms. The lowest BCUT2D eigenvalue weighted by Crippen LogP contribution is -2.47. The van der Waals surface area contributed by atoms with Crippen molar-refractivity contribution in [2.75, 3.05) is 19.7 Å². The number of carbonyl (C=O) groups is 2.